The molecule has 3 heteroatoms. The standard InChI is InChI=1S/C9H16N2O/c1-6-2-7(6)4-11-5-8(10)3-9(11)12/h6-8H,2-5,10H2,1H3. The van der Waals surface area contributed by atoms with Crippen LogP contribution in [0.2, 0.25) is 0 Å². The van der Waals surface area contributed by atoms with Gasteiger partial charge in [-0.15, -0.1) is 0 Å². The van der Waals surface area contributed by atoms with Gasteiger partial charge in [-0.1, -0.05) is 6.92 Å². The molecule has 2 N–H and O–H groups in total. The molecule has 0 aromatic heterocycles. The zero-order valence-corrected chi connectivity index (χ0v) is 7.49. The van der Waals surface area contributed by atoms with Crippen LogP contribution in [-0.4, -0.2) is 29.9 Å². The number of rotatable bonds is 2. The summed E-state index contributed by atoms with van der Waals surface area (Å²) in [6.07, 6.45) is 1.85. The van der Waals surface area contributed by atoms with Crippen LogP contribution in [0, 0.1) is 11.8 Å². The minimum Gasteiger partial charge on any atom is -0.341 e. The Balaban J connectivity index is 1.84. The first-order chi connectivity index (χ1) is 5.66. The summed E-state index contributed by atoms with van der Waals surface area (Å²) in [5, 5.41) is 0. The maximum atomic E-state index is 11.3. The fourth-order valence-electron chi connectivity index (χ4n) is 1.92. The Morgan fingerprint density at radius 1 is 1.67 bits per heavy atom. The van der Waals surface area contributed by atoms with Crippen molar-refractivity contribution in [1.29, 1.82) is 0 Å². The van der Waals surface area contributed by atoms with Gasteiger partial charge in [0.1, 0.15) is 0 Å². The van der Waals surface area contributed by atoms with E-state index < -0.39 is 0 Å². The summed E-state index contributed by atoms with van der Waals surface area (Å²) < 4.78 is 0. The average molecular weight is 168 g/mol. The highest BCUT2D eigenvalue weighted by Crippen LogP contribution is 2.38. The van der Waals surface area contributed by atoms with Crippen LogP contribution >= 0.6 is 0 Å². The number of carbonyl (C=O) groups excluding carboxylic acids is 1. The summed E-state index contributed by atoms with van der Waals surface area (Å²) in [6.45, 7) is 3.97. The molecule has 0 aromatic carbocycles. The molecule has 1 saturated carbocycles. The van der Waals surface area contributed by atoms with E-state index >= 15 is 0 Å². The topological polar surface area (TPSA) is 46.3 Å². The van der Waals surface area contributed by atoms with E-state index in [1.165, 1.54) is 6.42 Å². The number of nitrogens with two attached hydrogens (primary N) is 1. The molecule has 2 rings (SSSR count). The molecule has 0 aromatic rings. The molecule has 12 heavy (non-hydrogen) atoms. The third-order valence-electron chi connectivity index (χ3n) is 2.98. The molecule has 2 aliphatic rings. The maximum absolute atomic E-state index is 11.3. The summed E-state index contributed by atoms with van der Waals surface area (Å²) in [4.78, 5) is 13.2. The molecule has 1 aliphatic heterocycles. The van der Waals surface area contributed by atoms with Gasteiger partial charge in [0.05, 0.1) is 0 Å². The molecule has 1 saturated heterocycles. The van der Waals surface area contributed by atoms with E-state index in [9.17, 15) is 4.79 Å². The number of amides is 1. The second-order valence-corrected chi connectivity index (χ2v) is 4.24. The third-order valence-corrected chi connectivity index (χ3v) is 2.98. The van der Waals surface area contributed by atoms with Gasteiger partial charge >= 0.3 is 0 Å². The van der Waals surface area contributed by atoms with E-state index in [-0.39, 0.29) is 11.9 Å². The van der Waals surface area contributed by atoms with Crippen molar-refractivity contribution in [3.63, 3.8) is 0 Å². The van der Waals surface area contributed by atoms with E-state index in [2.05, 4.69) is 6.92 Å². The van der Waals surface area contributed by atoms with Crippen LogP contribution in [0.4, 0.5) is 0 Å². The Morgan fingerprint density at radius 3 is 2.75 bits per heavy atom. The second-order valence-electron chi connectivity index (χ2n) is 4.24. The van der Waals surface area contributed by atoms with E-state index in [1.54, 1.807) is 0 Å². The number of likely N-dealkylation sites (tertiary alicyclic amines) is 1. The molecule has 0 bridgehead atoms. The predicted molar refractivity (Wildman–Crippen MR) is 46.4 cm³/mol. The smallest absolute Gasteiger partial charge is 0.224 e. The first kappa shape index (κ1) is 8.05. The largest absolute Gasteiger partial charge is 0.341 e. The van der Waals surface area contributed by atoms with Crippen molar-refractivity contribution in [1.82, 2.24) is 4.90 Å². The summed E-state index contributed by atoms with van der Waals surface area (Å²) in [5.41, 5.74) is 5.68. The molecule has 3 atom stereocenters. The lowest BCUT2D eigenvalue weighted by molar-refractivity contribution is -0.127. The summed E-state index contributed by atoms with van der Waals surface area (Å²) in [5.74, 6) is 1.84. The first-order valence-electron chi connectivity index (χ1n) is 4.70. The predicted octanol–water partition coefficient (Wildman–Crippen LogP) is 0.202. The van der Waals surface area contributed by atoms with Gasteiger partial charge in [0.15, 0.2) is 0 Å². The zero-order valence-electron chi connectivity index (χ0n) is 7.49. The van der Waals surface area contributed by atoms with Crippen molar-refractivity contribution in [3.05, 3.63) is 0 Å². The van der Waals surface area contributed by atoms with Gasteiger partial charge in [0.2, 0.25) is 5.91 Å². The lowest BCUT2D eigenvalue weighted by Gasteiger charge is -2.15. The Bertz CT molecular complexity index is 205. The Kier molecular flexibility index (Phi) is 1.83. The van der Waals surface area contributed by atoms with Crippen molar-refractivity contribution in [2.24, 2.45) is 17.6 Å². The lowest BCUT2D eigenvalue weighted by atomic mass is 10.3. The van der Waals surface area contributed by atoms with Gasteiger partial charge in [-0.05, 0) is 18.3 Å². The highest BCUT2D eigenvalue weighted by molar-refractivity contribution is 5.79. The fraction of sp³-hybridized carbons (Fsp3) is 0.889. The Hall–Kier alpha value is -0.570. The molecule has 1 heterocycles. The molecule has 68 valence electrons. The molecule has 3 unspecified atom stereocenters. The fourth-order valence-corrected chi connectivity index (χ4v) is 1.92. The maximum Gasteiger partial charge on any atom is 0.224 e. The van der Waals surface area contributed by atoms with Crippen LogP contribution in [-0.2, 0) is 4.79 Å². The van der Waals surface area contributed by atoms with Crippen LogP contribution < -0.4 is 5.73 Å². The van der Waals surface area contributed by atoms with Crippen molar-refractivity contribution in [3.8, 4) is 0 Å². The Labute approximate surface area is 72.9 Å². The first-order valence-corrected chi connectivity index (χ1v) is 4.70. The van der Waals surface area contributed by atoms with Crippen LogP contribution in [0.3, 0.4) is 0 Å². The lowest BCUT2D eigenvalue weighted by Crippen LogP contribution is -2.30. The quantitative estimate of drug-likeness (QED) is 0.640. The van der Waals surface area contributed by atoms with E-state index in [0.29, 0.717) is 6.42 Å². The van der Waals surface area contributed by atoms with Crippen molar-refractivity contribution >= 4 is 5.91 Å². The van der Waals surface area contributed by atoms with Gasteiger partial charge in [-0.25, -0.2) is 0 Å². The molecule has 2 fully saturated rings. The van der Waals surface area contributed by atoms with Crippen molar-refractivity contribution in [2.75, 3.05) is 13.1 Å². The van der Waals surface area contributed by atoms with E-state index in [1.807, 2.05) is 4.90 Å². The molecule has 1 aliphatic carbocycles. The van der Waals surface area contributed by atoms with Gasteiger partial charge < -0.3 is 10.6 Å². The van der Waals surface area contributed by atoms with Crippen molar-refractivity contribution in [2.45, 2.75) is 25.8 Å². The minimum atomic E-state index is 0.0894. The van der Waals surface area contributed by atoms with Gasteiger partial charge in [-0.3, -0.25) is 4.79 Å². The molecule has 1 amide bonds. The SMILES string of the molecule is CC1CC1CN1CC(N)CC1=O. The van der Waals surface area contributed by atoms with Crippen molar-refractivity contribution < 1.29 is 4.79 Å². The van der Waals surface area contributed by atoms with Crippen LogP contribution in [0.1, 0.15) is 19.8 Å². The highest BCUT2D eigenvalue weighted by atomic mass is 16.2. The average Bonchev–Trinajstić information content (AvgIpc) is 2.55. The number of hydrogen-bond acceptors (Lipinski definition) is 2. The zero-order chi connectivity index (χ0) is 8.72. The number of hydrogen-bond donors (Lipinski definition) is 1. The number of carbonyl (C=O) groups is 1. The summed E-state index contributed by atoms with van der Waals surface area (Å²) in [7, 11) is 0. The summed E-state index contributed by atoms with van der Waals surface area (Å²) in [6, 6.07) is 0.0894. The van der Waals surface area contributed by atoms with Gasteiger partial charge in [-0.2, -0.15) is 0 Å². The normalized spacial score (nSPS) is 40.7. The van der Waals surface area contributed by atoms with Crippen LogP contribution in [0.15, 0.2) is 0 Å². The van der Waals surface area contributed by atoms with Gasteiger partial charge in [0, 0.05) is 25.6 Å². The highest BCUT2D eigenvalue weighted by Gasteiger charge is 2.37. The van der Waals surface area contributed by atoms with Crippen LogP contribution in [0.25, 0.3) is 0 Å². The monoisotopic (exact) mass is 168 g/mol. The van der Waals surface area contributed by atoms with E-state index in [4.69, 9.17) is 5.73 Å². The molecular formula is C9H16N2O. The van der Waals surface area contributed by atoms with E-state index in [0.717, 1.165) is 24.9 Å². The third kappa shape index (κ3) is 1.46. The molecule has 3 nitrogen and oxygen atoms in total. The molecule has 0 radical (unpaired) electrons. The molecular weight excluding hydrogens is 152 g/mol. The number of nitrogens with zero attached hydrogens (tertiary/aromatic N) is 1. The summed E-state index contributed by atoms with van der Waals surface area (Å²) >= 11 is 0. The molecule has 0 spiro atoms. The minimum absolute atomic E-state index is 0.0894. The van der Waals surface area contributed by atoms with Gasteiger partial charge in [0.25, 0.3) is 0 Å². The second kappa shape index (κ2) is 2.73. The van der Waals surface area contributed by atoms with Crippen LogP contribution in [0.5, 0.6) is 0 Å². The Morgan fingerprint density at radius 2 is 2.33 bits per heavy atom.